The summed E-state index contributed by atoms with van der Waals surface area (Å²) in [7, 11) is -3.65. The van der Waals surface area contributed by atoms with E-state index in [1.54, 1.807) is 40.8 Å². The Morgan fingerprint density at radius 3 is 2.38 bits per heavy atom. The first-order valence-corrected chi connectivity index (χ1v) is 11.9. The zero-order chi connectivity index (χ0) is 20.3. The lowest BCUT2D eigenvalue weighted by Gasteiger charge is -2.34. The van der Waals surface area contributed by atoms with Gasteiger partial charge in [0.05, 0.1) is 28.4 Å². The van der Waals surface area contributed by atoms with Crippen molar-refractivity contribution in [3.63, 3.8) is 0 Å². The normalized spacial score (nSPS) is 21.7. The summed E-state index contributed by atoms with van der Waals surface area (Å²) < 4.78 is 28.2. The number of carbonyl (C=O) groups excluding carboxylic acids is 1. The molecule has 156 valence electrons. The Balaban J connectivity index is 1.65. The van der Waals surface area contributed by atoms with Crippen LogP contribution in [0.25, 0.3) is 0 Å². The van der Waals surface area contributed by atoms with Gasteiger partial charge in [0.25, 0.3) is 5.91 Å². The highest BCUT2D eigenvalue weighted by Crippen LogP contribution is 2.36. The fourth-order valence-corrected chi connectivity index (χ4v) is 6.06. The third kappa shape index (κ3) is 4.09. The summed E-state index contributed by atoms with van der Waals surface area (Å²) in [6.45, 7) is 1.94. The molecule has 4 rings (SSSR count). The van der Waals surface area contributed by atoms with Crippen molar-refractivity contribution in [1.29, 1.82) is 0 Å². The molecule has 1 unspecified atom stereocenters. The molecule has 2 aliphatic heterocycles. The zero-order valence-corrected chi connectivity index (χ0v) is 17.4. The lowest BCUT2D eigenvalue weighted by Crippen LogP contribution is -2.40. The first-order valence-electron chi connectivity index (χ1n) is 10.5. The van der Waals surface area contributed by atoms with E-state index in [-0.39, 0.29) is 10.8 Å². The van der Waals surface area contributed by atoms with Gasteiger partial charge in [-0.25, -0.2) is 8.42 Å². The van der Waals surface area contributed by atoms with Crippen molar-refractivity contribution < 1.29 is 13.2 Å². The predicted molar refractivity (Wildman–Crippen MR) is 110 cm³/mol. The van der Waals surface area contributed by atoms with Gasteiger partial charge in [-0.15, -0.1) is 0 Å². The molecule has 2 fully saturated rings. The van der Waals surface area contributed by atoms with Crippen LogP contribution in [0.5, 0.6) is 0 Å². The van der Waals surface area contributed by atoms with Crippen LogP contribution in [0.4, 0.5) is 0 Å². The number of piperidine rings is 1. The molecule has 8 heteroatoms. The van der Waals surface area contributed by atoms with Gasteiger partial charge in [-0.2, -0.15) is 9.40 Å². The summed E-state index contributed by atoms with van der Waals surface area (Å²) in [6, 6.07) is 8.11. The number of nitrogens with one attached hydrogen (secondary N) is 1. The number of benzene rings is 1. The summed E-state index contributed by atoms with van der Waals surface area (Å²) in [5.74, 6) is -0.0433. The number of aromatic amines is 1. The lowest BCUT2D eigenvalue weighted by molar-refractivity contribution is 0.0758. The largest absolute Gasteiger partial charge is 0.339 e. The summed E-state index contributed by atoms with van der Waals surface area (Å²) in [5, 5.41) is 7.09. The minimum Gasteiger partial charge on any atom is -0.339 e. The highest BCUT2D eigenvalue weighted by atomic mass is 32.2. The maximum atomic E-state index is 13.3. The van der Waals surface area contributed by atoms with E-state index >= 15 is 0 Å². The maximum Gasteiger partial charge on any atom is 0.257 e. The van der Waals surface area contributed by atoms with E-state index in [1.165, 1.54) is 0 Å². The first-order chi connectivity index (χ1) is 14.1. The van der Waals surface area contributed by atoms with Crippen molar-refractivity contribution in [3.05, 3.63) is 47.8 Å². The van der Waals surface area contributed by atoms with Gasteiger partial charge in [-0.1, -0.05) is 37.5 Å². The third-order valence-electron chi connectivity index (χ3n) is 5.93. The van der Waals surface area contributed by atoms with Gasteiger partial charge in [-0.3, -0.25) is 9.89 Å². The lowest BCUT2D eigenvalue weighted by atomic mass is 9.99. The molecular formula is C21H28N4O3S. The Hall–Kier alpha value is -2.19. The van der Waals surface area contributed by atoms with Crippen molar-refractivity contribution in [2.24, 2.45) is 0 Å². The number of nitrogens with zero attached hydrogens (tertiary/aromatic N) is 3. The van der Waals surface area contributed by atoms with E-state index in [4.69, 9.17) is 0 Å². The van der Waals surface area contributed by atoms with Gasteiger partial charge >= 0.3 is 0 Å². The van der Waals surface area contributed by atoms with Crippen LogP contribution < -0.4 is 0 Å². The Morgan fingerprint density at radius 1 is 0.966 bits per heavy atom. The fraction of sp³-hybridized carbons (Fsp3) is 0.524. The monoisotopic (exact) mass is 416 g/mol. The van der Waals surface area contributed by atoms with Crippen molar-refractivity contribution in [3.8, 4) is 0 Å². The molecule has 1 atom stereocenters. The predicted octanol–water partition coefficient (Wildman–Crippen LogP) is 3.34. The van der Waals surface area contributed by atoms with Crippen LogP contribution in [0.1, 0.15) is 67.0 Å². The van der Waals surface area contributed by atoms with Gasteiger partial charge in [-0.05, 0) is 37.8 Å². The molecule has 0 radical (unpaired) electrons. The maximum absolute atomic E-state index is 13.3. The summed E-state index contributed by atoms with van der Waals surface area (Å²) in [4.78, 5) is 15.4. The smallest absolute Gasteiger partial charge is 0.257 e. The van der Waals surface area contributed by atoms with E-state index in [0.29, 0.717) is 24.2 Å². The topological polar surface area (TPSA) is 86.4 Å². The van der Waals surface area contributed by atoms with Crippen molar-refractivity contribution in [1.82, 2.24) is 19.4 Å². The van der Waals surface area contributed by atoms with Crippen LogP contribution in [0, 0.1) is 0 Å². The van der Waals surface area contributed by atoms with Crippen LogP contribution in [-0.2, 0) is 10.0 Å². The second-order valence-electron chi connectivity index (χ2n) is 7.84. The molecule has 1 aromatic heterocycles. The average molecular weight is 417 g/mol. The van der Waals surface area contributed by atoms with Gasteiger partial charge in [0.1, 0.15) is 0 Å². The van der Waals surface area contributed by atoms with E-state index in [1.807, 2.05) is 4.90 Å². The number of rotatable bonds is 4. The number of carbonyl (C=O) groups is 1. The molecule has 2 aliphatic rings. The standard InChI is InChI=1S/C21H28N4O3S/c26-21(24-13-7-1-2-8-14-24)18-16-22-23-20(18)19-12-6-9-15-25(19)29(27,28)17-10-4-3-5-11-17/h3-5,10-11,16,19H,1-2,6-9,12-15H2,(H,22,23). The molecular weight excluding hydrogens is 388 g/mol. The SMILES string of the molecule is O=C(c1cn[nH]c1C1CCCCN1S(=O)(=O)c1ccccc1)N1CCCCCC1. The highest BCUT2D eigenvalue weighted by Gasteiger charge is 2.37. The number of hydrogen-bond acceptors (Lipinski definition) is 4. The number of hydrogen-bond donors (Lipinski definition) is 1. The molecule has 1 amide bonds. The van der Waals surface area contributed by atoms with Crippen LogP contribution >= 0.6 is 0 Å². The molecule has 1 N–H and O–H groups in total. The van der Waals surface area contributed by atoms with Crippen LogP contribution in [0.2, 0.25) is 0 Å². The number of sulfonamides is 1. The minimum absolute atomic E-state index is 0.0433. The van der Waals surface area contributed by atoms with Crippen molar-refractivity contribution in [2.75, 3.05) is 19.6 Å². The van der Waals surface area contributed by atoms with Crippen molar-refractivity contribution in [2.45, 2.75) is 55.9 Å². The summed E-state index contributed by atoms with van der Waals surface area (Å²) in [6.07, 6.45) is 8.28. The molecule has 3 heterocycles. The number of likely N-dealkylation sites (tertiary alicyclic amines) is 1. The number of aromatic nitrogens is 2. The molecule has 1 aromatic carbocycles. The summed E-state index contributed by atoms with van der Waals surface area (Å²) in [5.41, 5.74) is 1.13. The first kappa shape index (κ1) is 20.1. The van der Waals surface area contributed by atoms with Crippen LogP contribution in [0.3, 0.4) is 0 Å². The molecule has 2 aromatic rings. The quantitative estimate of drug-likeness (QED) is 0.828. The van der Waals surface area contributed by atoms with Gasteiger partial charge in [0, 0.05) is 19.6 Å². The average Bonchev–Trinajstić information content (AvgIpc) is 3.08. The molecule has 0 aliphatic carbocycles. The number of H-pyrrole nitrogens is 1. The second-order valence-corrected chi connectivity index (χ2v) is 9.73. The molecule has 2 saturated heterocycles. The second kappa shape index (κ2) is 8.67. The third-order valence-corrected chi connectivity index (χ3v) is 7.85. The molecule has 0 bridgehead atoms. The minimum atomic E-state index is -3.65. The highest BCUT2D eigenvalue weighted by molar-refractivity contribution is 7.89. The molecule has 0 saturated carbocycles. The van der Waals surface area contributed by atoms with E-state index in [0.717, 1.165) is 51.6 Å². The van der Waals surface area contributed by atoms with Crippen LogP contribution in [-0.4, -0.2) is 53.4 Å². The van der Waals surface area contributed by atoms with Crippen molar-refractivity contribution >= 4 is 15.9 Å². The Bertz CT molecular complexity index is 934. The Labute approximate surface area is 172 Å². The Morgan fingerprint density at radius 2 is 1.66 bits per heavy atom. The molecule has 7 nitrogen and oxygen atoms in total. The number of amides is 1. The Kier molecular flexibility index (Phi) is 6.01. The fourth-order valence-electron chi connectivity index (χ4n) is 4.37. The molecule has 29 heavy (non-hydrogen) atoms. The summed E-state index contributed by atoms with van der Waals surface area (Å²) >= 11 is 0. The van der Waals surface area contributed by atoms with Crippen LogP contribution in [0.15, 0.2) is 41.4 Å². The van der Waals surface area contributed by atoms with Gasteiger partial charge in [0.2, 0.25) is 10.0 Å². The van der Waals surface area contributed by atoms with Gasteiger partial charge < -0.3 is 4.90 Å². The van der Waals surface area contributed by atoms with E-state index < -0.39 is 16.1 Å². The van der Waals surface area contributed by atoms with E-state index in [2.05, 4.69) is 10.2 Å². The van der Waals surface area contributed by atoms with E-state index in [9.17, 15) is 13.2 Å². The zero-order valence-electron chi connectivity index (χ0n) is 16.6. The molecule has 0 spiro atoms. The van der Waals surface area contributed by atoms with Gasteiger partial charge in [0.15, 0.2) is 0 Å².